The maximum atomic E-state index is 12.9. The SMILES string of the molecule is CCc1ccnc(N2CCc3cc(C(=O)N[C@@H]4C[C@@H]5CC[C@H]4N5C#N)ccc32)n1. The van der Waals surface area contributed by atoms with Gasteiger partial charge in [-0.15, -0.1) is 0 Å². The molecule has 3 aliphatic heterocycles. The molecule has 4 heterocycles. The molecule has 0 radical (unpaired) electrons. The molecule has 0 saturated carbocycles. The van der Waals surface area contributed by atoms with Crippen molar-refractivity contribution >= 4 is 17.5 Å². The molecule has 2 saturated heterocycles. The van der Waals surface area contributed by atoms with E-state index in [-0.39, 0.29) is 18.0 Å². The van der Waals surface area contributed by atoms with Gasteiger partial charge in [0, 0.05) is 35.7 Å². The summed E-state index contributed by atoms with van der Waals surface area (Å²) in [5, 5.41) is 12.5. The lowest BCUT2D eigenvalue weighted by Crippen LogP contribution is -2.43. The molecule has 2 fully saturated rings. The summed E-state index contributed by atoms with van der Waals surface area (Å²) in [6.07, 6.45) is 8.76. The van der Waals surface area contributed by atoms with Gasteiger partial charge in [-0.2, -0.15) is 5.26 Å². The van der Waals surface area contributed by atoms with Crippen molar-refractivity contribution in [2.24, 2.45) is 0 Å². The number of amides is 1. The largest absolute Gasteiger partial charge is 0.347 e. The van der Waals surface area contributed by atoms with Crippen molar-refractivity contribution in [2.45, 2.75) is 57.2 Å². The Hall–Kier alpha value is -3.14. The second-order valence-electron chi connectivity index (χ2n) is 8.07. The number of nitrogens with one attached hydrogen (secondary N) is 1. The van der Waals surface area contributed by atoms with Crippen molar-refractivity contribution < 1.29 is 4.79 Å². The highest BCUT2D eigenvalue weighted by Crippen LogP contribution is 2.37. The molecule has 7 nitrogen and oxygen atoms in total. The third kappa shape index (κ3) is 3.00. The third-order valence-corrected chi connectivity index (χ3v) is 6.51. The summed E-state index contributed by atoms with van der Waals surface area (Å²) in [6.45, 7) is 2.90. The van der Waals surface area contributed by atoms with Gasteiger partial charge in [-0.05, 0) is 61.9 Å². The molecular weight excluding hydrogens is 364 g/mol. The average molecular weight is 388 g/mol. The maximum Gasteiger partial charge on any atom is 0.251 e. The smallest absolute Gasteiger partial charge is 0.251 e. The van der Waals surface area contributed by atoms with Gasteiger partial charge in [0.1, 0.15) is 0 Å². The fourth-order valence-electron chi connectivity index (χ4n) is 5.01. The lowest BCUT2D eigenvalue weighted by Gasteiger charge is -2.22. The van der Waals surface area contributed by atoms with E-state index in [9.17, 15) is 10.1 Å². The van der Waals surface area contributed by atoms with E-state index < -0.39 is 0 Å². The van der Waals surface area contributed by atoms with E-state index in [1.165, 1.54) is 0 Å². The van der Waals surface area contributed by atoms with Crippen LogP contribution in [0.5, 0.6) is 0 Å². The van der Waals surface area contributed by atoms with Gasteiger partial charge in [-0.1, -0.05) is 6.92 Å². The standard InChI is InChI=1S/C22H24N6O/c1-2-16-7-9-24-22(25-16)27-10-8-14-11-15(3-5-19(14)27)21(29)26-18-12-17-4-6-20(18)28(17)13-23/h3,5,7,9,11,17-18,20H,2,4,6,8,10,12H2,1H3,(H,26,29)/t17-,18+,20+/m0/s1. The molecule has 148 valence electrons. The summed E-state index contributed by atoms with van der Waals surface area (Å²) in [6, 6.07) is 8.33. The van der Waals surface area contributed by atoms with Crippen molar-refractivity contribution in [2.75, 3.05) is 11.4 Å². The summed E-state index contributed by atoms with van der Waals surface area (Å²) in [7, 11) is 0. The van der Waals surface area contributed by atoms with Gasteiger partial charge in [0.15, 0.2) is 6.19 Å². The summed E-state index contributed by atoms with van der Waals surface area (Å²) >= 11 is 0. The fourth-order valence-corrected chi connectivity index (χ4v) is 5.01. The van der Waals surface area contributed by atoms with Crippen molar-refractivity contribution in [3.63, 3.8) is 0 Å². The predicted octanol–water partition coefficient (Wildman–Crippen LogP) is 2.55. The van der Waals surface area contributed by atoms with Crippen LogP contribution in [0.4, 0.5) is 11.6 Å². The second kappa shape index (κ2) is 7.03. The normalized spacial score (nSPS) is 24.5. The summed E-state index contributed by atoms with van der Waals surface area (Å²) in [5.41, 5.74) is 3.93. The van der Waals surface area contributed by atoms with Crippen LogP contribution in [0.3, 0.4) is 0 Å². The number of anilines is 2. The molecule has 29 heavy (non-hydrogen) atoms. The van der Waals surface area contributed by atoms with Crippen LogP contribution in [0.2, 0.25) is 0 Å². The summed E-state index contributed by atoms with van der Waals surface area (Å²) < 4.78 is 0. The summed E-state index contributed by atoms with van der Waals surface area (Å²) in [4.78, 5) is 25.9. The second-order valence-corrected chi connectivity index (χ2v) is 8.07. The van der Waals surface area contributed by atoms with Crippen LogP contribution in [-0.2, 0) is 12.8 Å². The van der Waals surface area contributed by atoms with Crippen molar-refractivity contribution in [1.82, 2.24) is 20.2 Å². The zero-order valence-corrected chi connectivity index (χ0v) is 16.5. The highest BCUT2D eigenvalue weighted by molar-refractivity contribution is 5.95. The number of aromatic nitrogens is 2. The minimum Gasteiger partial charge on any atom is -0.347 e. The van der Waals surface area contributed by atoms with Crippen molar-refractivity contribution in [3.05, 3.63) is 47.3 Å². The minimum absolute atomic E-state index is 0.0501. The number of benzene rings is 1. The first kappa shape index (κ1) is 17.9. The number of aryl methyl sites for hydroxylation is 1. The topological polar surface area (TPSA) is 85.2 Å². The average Bonchev–Trinajstić information content (AvgIpc) is 3.45. The molecule has 1 aromatic carbocycles. The Kier molecular flexibility index (Phi) is 4.35. The van der Waals surface area contributed by atoms with Crippen LogP contribution in [0.15, 0.2) is 30.5 Å². The molecule has 1 aromatic heterocycles. The van der Waals surface area contributed by atoms with Gasteiger partial charge >= 0.3 is 0 Å². The van der Waals surface area contributed by atoms with E-state index in [2.05, 4.69) is 33.3 Å². The van der Waals surface area contributed by atoms with Crippen molar-refractivity contribution in [3.8, 4) is 6.19 Å². The van der Waals surface area contributed by atoms with Gasteiger partial charge in [-0.3, -0.25) is 4.79 Å². The number of carbonyl (C=O) groups excluding carboxylic acids is 1. The van der Waals surface area contributed by atoms with E-state index in [0.717, 1.165) is 61.5 Å². The Morgan fingerprint density at radius 3 is 3.03 bits per heavy atom. The third-order valence-electron chi connectivity index (χ3n) is 6.51. The Labute approximate surface area is 170 Å². The maximum absolute atomic E-state index is 12.9. The molecule has 0 aliphatic carbocycles. The van der Waals surface area contributed by atoms with Crippen LogP contribution in [-0.4, -0.2) is 45.4 Å². The van der Waals surface area contributed by atoms with E-state index in [1.54, 1.807) is 6.20 Å². The fraction of sp³-hybridized carbons (Fsp3) is 0.455. The number of nitriles is 1. The molecule has 0 unspecified atom stereocenters. The van der Waals surface area contributed by atoms with Gasteiger partial charge in [0.2, 0.25) is 5.95 Å². The molecule has 3 atom stereocenters. The minimum atomic E-state index is -0.0501. The van der Waals surface area contributed by atoms with E-state index in [1.807, 2.05) is 29.2 Å². The zero-order chi connectivity index (χ0) is 20.0. The van der Waals surface area contributed by atoms with Gasteiger partial charge in [0.25, 0.3) is 5.91 Å². The molecule has 0 spiro atoms. The lowest BCUT2D eigenvalue weighted by atomic mass is 9.95. The van der Waals surface area contributed by atoms with Crippen LogP contribution in [0.1, 0.15) is 47.8 Å². The predicted molar refractivity (Wildman–Crippen MR) is 109 cm³/mol. The highest BCUT2D eigenvalue weighted by atomic mass is 16.1. The first-order valence-electron chi connectivity index (χ1n) is 10.4. The van der Waals surface area contributed by atoms with Crippen LogP contribution in [0.25, 0.3) is 0 Å². The van der Waals surface area contributed by atoms with Crippen LogP contribution in [0, 0.1) is 11.5 Å². The van der Waals surface area contributed by atoms with E-state index >= 15 is 0 Å². The van der Waals surface area contributed by atoms with Gasteiger partial charge in [0.05, 0.1) is 12.1 Å². The molecule has 2 aromatic rings. The highest BCUT2D eigenvalue weighted by Gasteiger charge is 2.46. The number of carbonyl (C=O) groups is 1. The molecule has 1 N–H and O–H groups in total. The van der Waals surface area contributed by atoms with Gasteiger partial charge < -0.3 is 15.1 Å². The molecule has 1 amide bonds. The monoisotopic (exact) mass is 388 g/mol. The molecule has 5 rings (SSSR count). The first-order valence-corrected chi connectivity index (χ1v) is 10.4. The number of fused-ring (bicyclic) bond motifs is 3. The molecular formula is C22H24N6O. The summed E-state index contributed by atoms with van der Waals surface area (Å²) in [5.74, 6) is 0.671. The Bertz CT molecular complexity index is 999. The van der Waals surface area contributed by atoms with E-state index in [0.29, 0.717) is 11.6 Å². The quantitative estimate of drug-likeness (QED) is 0.811. The van der Waals surface area contributed by atoms with E-state index in [4.69, 9.17) is 0 Å². The molecule has 2 bridgehead atoms. The molecule has 7 heteroatoms. The molecule has 3 aliphatic rings. The van der Waals surface area contributed by atoms with Gasteiger partial charge in [-0.25, -0.2) is 9.97 Å². The first-order chi connectivity index (χ1) is 14.2. The van der Waals surface area contributed by atoms with Crippen molar-refractivity contribution in [1.29, 1.82) is 5.26 Å². The zero-order valence-electron chi connectivity index (χ0n) is 16.5. The van der Waals surface area contributed by atoms with Crippen LogP contribution >= 0.6 is 0 Å². The Morgan fingerprint density at radius 2 is 2.24 bits per heavy atom. The lowest BCUT2D eigenvalue weighted by molar-refractivity contribution is 0.0928. The Balaban J connectivity index is 1.32. The van der Waals surface area contributed by atoms with Crippen LogP contribution < -0.4 is 10.2 Å². The Morgan fingerprint density at radius 1 is 1.34 bits per heavy atom. The number of hydrogen-bond acceptors (Lipinski definition) is 6. The number of rotatable bonds is 4. The number of hydrogen-bond donors (Lipinski definition) is 1. The number of nitrogens with zero attached hydrogens (tertiary/aromatic N) is 5.